The maximum Gasteiger partial charge on any atom is 0.425 e. The maximum absolute atomic E-state index is 12.0. The predicted molar refractivity (Wildman–Crippen MR) is 44.0 cm³/mol. The summed E-state index contributed by atoms with van der Waals surface area (Å²) in [6, 6.07) is 0.758. The lowest BCUT2D eigenvalue weighted by Gasteiger charge is -1.99. The summed E-state index contributed by atoms with van der Waals surface area (Å²) in [5, 5.41) is 8.46. The molecule has 13 heavy (non-hydrogen) atoms. The number of carboxylic acids is 1. The Labute approximate surface area is 83.1 Å². The molecule has 1 heterocycles. The fraction of sp³-hybridized carbons (Fsp3) is 0.167. The first-order chi connectivity index (χ1) is 5.82. The highest BCUT2D eigenvalue weighted by molar-refractivity contribution is 9.10. The van der Waals surface area contributed by atoms with E-state index in [-0.39, 0.29) is 20.7 Å². The van der Waals surface area contributed by atoms with Crippen molar-refractivity contribution in [2.24, 2.45) is 0 Å². The van der Waals surface area contributed by atoms with Crippen LogP contribution < -0.4 is 0 Å². The van der Waals surface area contributed by atoms with Crippen molar-refractivity contribution in [1.29, 1.82) is 0 Å². The molecule has 0 aliphatic rings. The number of hydrogen-bond acceptors (Lipinski definition) is 2. The topological polar surface area (TPSA) is 37.3 Å². The molecule has 0 saturated carbocycles. The number of aromatic carboxylic acids is 1. The highest BCUT2D eigenvalue weighted by atomic mass is 79.9. The van der Waals surface area contributed by atoms with Gasteiger partial charge in [-0.15, -0.1) is 11.3 Å². The molecule has 0 radical (unpaired) electrons. The molecule has 0 spiro atoms. The van der Waals surface area contributed by atoms with Gasteiger partial charge < -0.3 is 5.11 Å². The quantitative estimate of drug-likeness (QED) is 0.854. The lowest BCUT2D eigenvalue weighted by Crippen LogP contribution is -2.00. The van der Waals surface area contributed by atoms with Crippen LogP contribution in [0.1, 0.15) is 14.5 Å². The fourth-order valence-electron chi connectivity index (χ4n) is 0.654. The van der Waals surface area contributed by atoms with Crippen molar-refractivity contribution >= 4 is 33.2 Å². The van der Waals surface area contributed by atoms with Gasteiger partial charge in [0, 0.05) is 4.47 Å². The first-order valence-electron chi connectivity index (χ1n) is 2.92. The summed E-state index contributed by atoms with van der Waals surface area (Å²) in [5.74, 6) is -1.37. The predicted octanol–water partition coefficient (Wildman–Crippen LogP) is 3.23. The second-order valence-corrected chi connectivity index (χ2v) is 4.00. The molecule has 1 aromatic heterocycles. The van der Waals surface area contributed by atoms with E-state index in [1.807, 2.05) is 0 Å². The Balaban J connectivity index is 3.17. The number of halogens is 4. The van der Waals surface area contributed by atoms with E-state index in [0.29, 0.717) is 0 Å². The van der Waals surface area contributed by atoms with Gasteiger partial charge in [0.15, 0.2) is 0 Å². The molecule has 0 fully saturated rings. The zero-order valence-electron chi connectivity index (χ0n) is 5.85. The van der Waals surface area contributed by atoms with Gasteiger partial charge in [0.2, 0.25) is 0 Å². The molecule has 0 atom stereocenters. The van der Waals surface area contributed by atoms with Crippen molar-refractivity contribution < 1.29 is 23.1 Å². The van der Waals surface area contributed by atoms with Crippen LogP contribution in [0.2, 0.25) is 0 Å². The third-order valence-corrected chi connectivity index (χ3v) is 3.22. The number of thiophene rings is 1. The van der Waals surface area contributed by atoms with Gasteiger partial charge in [0.25, 0.3) is 0 Å². The van der Waals surface area contributed by atoms with Crippen LogP contribution in [-0.2, 0) is 6.18 Å². The summed E-state index contributed by atoms with van der Waals surface area (Å²) in [7, 11) is 0. The van der Waals surface area contributed by atoms with Gasteiger partial charge in [-0.1, -0.05) is 0 Å². The van der Waals surface area contributed by atoms with E-state index in [9.17, 15) is 18.0 Å². The number of hydrogen-bond donors (Lipinski definition) is 1. The average Bonchev–Trinajstić information content (AvgIpc) is 2.29. The van der Waals surface area contributed by atoms with Crippen LogP contribution in [-0.4, -0.2) is 11.1 Å². The number of alkyl halides is 3. The van der Waals surface area contributed by atoms with Crippen LogP contribution in [0.15, 0.2) is 10.5 Å². The zero-order chi connectivity index (χ0) is 10.2. The molecule has 0 saturated heterocycles. The first-order valence-corrected chi connectivity index (χ1v) is 4.53. The zero-order valence-corrected chi connectivity index (χ0v) is 8.26. The third-order valence-electron chi connectivity index (χ3n) is 1.16. The Morgan fingerprint density at radius 3 is 2.31 bits per heavy atom. The molecule has 0 amide bonds. The molecular weight excluding hydrogens is 273 g/mol. The Morgan fingerprint density at radius 1 is 1.54 bits per heavy atom. The molecule has 0 bridgehead atoms. The van der Waals surface area contributed by atoms with E-state index >= 15 is 0 Å². The lowest BCUT2D eigenvalue weighted by molar-refractivity contribution is -0.134. The van der Waals surface area contributed by atoms with E-state index in [0.717, 1.165) is 6.07 Å². The van der Waals surface area contributed by atoms with Crippen LogP contribution in [0.3, 0.4) is 0 Å². The van der Waals surface area contributed by atoms with E-state index in [2.05, 4.69) is 15.9 Å². The normalized spacial score (nSPS) is 11.7. The largest absolute Gasteiger partial charge is 0.477 e. The molecule has 7 heteroatoms. The smallest absolute Gasteiger partial charge is 0.425 e. The Kier molecular flexibility index (Phi) is 2.67. The number of carbonyl (C=O) groups is 1. The first kappa shape index (κ1) is 10.5. The molecule has 0 aromatic carbocycles. The van der Waals surface area contributed by atoms with Crippen molar-refractivity contribution in [1.82, 2.24) is 0 Å². The molecule has 0 aliphatic heterocycles. The number of carboxylic acid groups (broad SMARTS) is 1. The summed E-state index contributed by atoms with van der Waals surface area (Å²) in [6.45, 7) is 0. The molecule has 72 valence electrons. The molecule has 0 unspecified atom stereocenters. The van der Waals surface area contributed by atoms with Gasteiger partial charge in [0.1, 0.15) is 9.75 Å². The van der Waals surface area contributed by atoms with Crippen molar-refractivity contribution in [2.45, 2.75) is 6.18 Å². The van der Waals surface area contributed by atoms with Crippen LogP contribution in [0.5, 0.6) is 0 Å². The minimum Gasteiger partial charge on any atom is -0.477 e. The van der Waals surface area contributed by atoms with Gasteiger partial charge in [-0.3, -0.25) is 0 Å². The van der Waals surface area contributed by atoms with Crippen LogP contribution >= 0.6 is 27.3 Å². The van der Waals surface area contributed by atoms with E-state index in [4.69, 9.17) is 5.11 Å². The van der Waals surface area contributed by atoms with Crippen molar-refractivity contribution in [3.63, 3.8) is 0 Å². The highest BCUT2D eigenvalue weighted by Gasteiger charge is 2.34. The average molecular weight is 275 g/mol. The molecule has 1 rings (SSSR count). The van der Waals surface area contributed by atoms with Gasteiger partial charge in [0.05, 0.1) is 0 Å². The van der Waals surface area contributed by atoms with E-state index in [1.54, 1.807) is 0 Å². The van der Waals surface area contributed by atoms with Crippen molar-refractivity contribution in [3.8, 4) is 0 Å². The second kappa shape index (κ2) is 3.30. The Hall–Kier alpha value is -0.560. The summed E-state index contributed by atoms with van der Waals surface area (Å²) < 4.78 is 36.1. The van der Waals surface area contributed by atoms with Gasteiger partial charge in [-0.25, -0.2) is 4.79 Å². The van der Waals surface area contributed by atoms with E-state index in [1.165, 1.54) is 0 Å². The van der Waals surface area contributed by atoms with Crippen LogP contribution in [0.4, 0.5) is 13.2 Å². The third kappa shape index (κ3) is 2.22. The molecule has 0 aliphatic carbocycles. The summed E-state index contributed by atoms with van der Waals surface area (Å²) in [5.41, 5.74) is 0. The highest BCUT2D eigenvalue weighted by Crippen LogP contribution is 2.38. The Bertz CT molecular complexity index is 344. The summed E-state index contributed by atoms with van der Waals surface area (Å²) in [6.07, 6.45) is -4.49. The van der Waals surface area contributed by atoms with Crippen molar-refractivity contribution in [3.05, 3.63) is 20.3 Å². The van der Waals surface area contributed by atoms with E-state index < -0.39 is 17.0 Å². The molecule has 1 aromatic rings. The number of rotatable bonds is 1. The van der Waals surface area contributed by atoms with Crippen LogP contribution in [0, 0.1) is 0 Å². The molecule has 1 N–H and O–H groups in total. The minimum absolute atomic E-state index is 0.0441. The summed E-state index contributed by atoms with van der Waals surface area (Å²) in [4.78, 5) is 9.12. The fourth-order valence-corrected chi connectivity index (χ4v) is 2.20. The molecular formula is C6H2BrF3O2S. The SMILES string of the molecule is O=C(O)c1sc(C(F)(F)F)cc1Br. The maximum atomic E-state index is 12.0. The van der Waals surface area contributed by atoms with Gasteiger partial charge in [-0.05, 0) is 22.0 Å². The van der Waals surface area contributed by atoms with Crippen LogP contribution in [0.25, 0.3) is 0 Å². The minimum atomic E-state index is -4.49. The van der Waals surface area contributed by atoms with Gasteiger partial charge in [-0.2, -0.15) is 13.2 Å². The van der Waals surface area contributed by atoms with Gasteiger partial charge >= 0.3 is 12.1 Å². The summed E-state index contributed by atoms with van der Waals surface area (Å²) >= 11 is 2.94. The monoisotopic (exact) mass is 274 g/mol. The van der Waals surface area contributed by atoms with Crippen molar-refractivity contribution in [2.75, 3.05) is 0 Å². The lowest BCUT2D eigenvalue weighted by atomic mass is 10.4. The Morgan fingerprint density at radius 2 is 2.08 bits per heavy atom. The second-order valence-electron chi connectivity index (χ2n) is 2.09. The molecule has 2 nitrogen and oxygen atoms in total. The standard InChI is InChI=1S/C6H2BrF3O2S/c7-2-1-3(6(8,9)10)13-4(2)5(11)12/h1H,(H,11,12).